The molecule has 1 N–H and O–H groups in total. The number of rotatable bonds is 6. The second-order valence-corrected chi connectivity index (χ2v) is 6.19. The highest BCUT2D eigenvalue weighted by molar-refractivity contribution is 6.17. The summed E-state index contributed by atoms with van der Waals surface area (Å²) in [4.78, 5) is 11.9. The Morgan fingerprint density at radius 2 is 2.05 bits per heavy atom. The quantitative estimate of drug-likeness (QED) is 0.795. The van der Waals surface area contributed by atoms with Gasteiger partial charge in [-0.3, -0.25) is 4.79 Å². The van der Waals surface area contributed by atoms with Crippen LogP contribution in [0.5, 0.6) is 0 Å². The van der Waals surface area contributed by atoms with Gasteiger partial charge in [-0.25, -0.2) is 0 Å². The van der Waals surface area contributed by atoms with E-state index in [4.69, 9.17) is 11.6 Å². The second-order valence-electron chi connectivity index (χ2n) is 5.81. The first-order valence-electron chi connectivity index (χ1n) is 6.93. The molecule has 1 fully saturated rings. The maximum absolute atomic E-state index is 11.9. The van der Waals surface area contributed by atoms with Crippen LogP contribution in [0.25, 0.3) is 0 Å². The van der Waals surface area contributed by atoms with E-state index >= 15 is 0 Å². The number of hydrogen-bond donors (Lipinski definition) is 1. The second kappa shape index (κ2) is 5.96. The van der Waals surface area contributed by atoms with Crippen molar-refractivity contribution in [1.29, 1.82) is 0 Å². The first-order chi connectivity index (χ1) is 9.04. The van der Waals surface area contributed by atoms with Crippen LogP contribution < -0.4 is 5.32 Å². The van der Waals surface area contributed by atoms with Crippen molar-refractivity contribution in [2.75, 3.05) is 12.4 Å². The number of halogens is 1. The monoisotopic (exact) mass is 279 g/mol. The average Bonchev–Trinajstić information content (AvgIpc) is 3.12. The molecule has 0 aromatic heterocycles. The highest BCUT2D eigenvalue weighted by atomic mass is 35.5. The largest absolute Gasteiger partial charge is 0.355 e. The van der Waals surface area contributed by atoms with E-state index < -0.39 is 0 Å². The molecule has 0 aliphatic heterocycles. The number of carbonyl (C=O) groups excluding carboxylic acids is 1. The average molecular weight is 280 g/mol. The molecule has 1 aromatic carbocycles. The normalized spacial score (nSPS) is 16.2. The number of alkyl halides is 1. The van der Waals surface area contributed by atoms with Gasteiger partial charge in [0.2, 0.25) is 5.91 Å². The van der Waals surface area contributed by atoms with Crippen molar-refractivity contribution < 1.29 is 4.79 Å². The summed E-state index contributed by atoms with van der Waals surface area (Å²) in [6, 6.07) is 6.21. The van der Waals surface area contributed by atoms with Gasteiger partial charge in [0.05, 0.1) is 6.42 Å². The lowest BCUT2D eigenvalue weighted by atomic mass is 10.0. The van der Waals surface area contributed by atoms with Crippen molar-refractivity contribution in [3.05, 3.63) is 34.9 Å². The molecule has 1 saturated carbocycles. The minimum absolute atomic E-state index is 0.115. The maximum Gasteiger partial charge on any atom is 0.224 e. The fourth-order valence-corrected chi connectivity index (χ4v) is 2.74. The third kappa shape index (κ3) is 3.97. The first kappa shape index (κ1) is 14.4. The lowest BCUT2D eigenvalue weighted by Crippen LogP contribution is -2.31. The molecule has 19 heavy (non-hydrogen) atoms. The zero-order valence-corrected chi connectivity index (χ0v) is 12.5. The number of nitrogens with one attached hydrogen (secondary N) is 1. The number of amides is 1. The molecule has 0 atom stereocenters. The summed E-state index contributed by atoms with van der Waals surface area (Å²) in [6.07, 6.45) is 3.88. The van der Waals surface area contributed by atoms with Crippen molar-refractivity contribution in [2.45, 2.75) is 39.5 Å². The Bertz CT molecular complexity index is 466. The van der Waals surface area contributed by atoms with E-state index in [1.807, 2.05) is 6.07 Å². The van der Waals surface area contributed by atoms with E-state index in [0.717, 1.165) is 18.5 Å². The molecule has 1 amide bonds. The fourth-order valence-electron chi connectivity index (χ4n) is 2.34. The van der Waals surface area contributed by atoms with Gasteiger partial charge >= 0.3 is 0 Å². The van der Waals surface area contributed by atoms with E-state index in [0.29, 0.717) is 17.7 Å². The summed E-state index contributed by atoms with van der Waals surface area (Å²) in [5.74, 6) is 0.802. The summed E-state index contributed by atoms with van der Waals surface area (Å²) >= 11 is 5.79. The van der Waals surface area contributed by atoms with Gasteiger partial charge in [0, 0.05) is 12.4 Å². The van der Waals surface area contributed by atoms with Gasteiger partial charge in [0.25, 0.3) is 0 Å². The molecular weight excluding hydrogens is 258 g/mol. The summed E-state index contributed by atoms with van der Waals surface area (Å²) in [5, 5.41) is 3.06. The first-order valence-corrected chi connectivity index (χ1v) is 7.47. The van der Waals surface area contributed by atoms with E-state index in [9.17, 15) is 4.79 Å². The van der Waals surface area contributed by atoms with Crippen LogP contribution in [0.15, 0.2) is 18.2 Å². The number of carbonyl (C=O) groups is 1. The van der Waals surface area contributed by atoms with Crippen LogP contribution in [-0.2, 0) is 11.2 Å². The Morgan fingerprint density at radius 1 is 1.32 bits per heavy atom. The Hall–Kier alpha value is -1.02. The minimum Gasteiger partial charge on any atom is -0.355 e. The summed E-state index contributed by atoms with van der Waals surface area (Å²) in [5.41, 5.74) is 3.90. The lowest BCUT2D eigenvalue weighted by Gasteiger charge is -2.14. The van der Waals surface area contributed by atoms with E-state index in [-0.39, 0.29) is 5.91 Å². The smallest absolute Gasteiger partial charge is 0.224 e. The van der Waals surface area contributed by atoms with Gasteiger partial charge in [-0.15, -0.1) is 11.6 Å². The Balaban J connectivity index is 1.82. The molecule has 0 radical (unpaired) electrons. The van der Waals surface area contributed by atoms with Crippen molar-refractivity contribution >= 4 is 17.5 Å². The molecule has 0 heterocycles. The van der Waals surface area contributed by atoms with Crippen LogP contribution in [0.2, 0.25) is 0 Å². The van der Waals surface area contributed by atoms with Crippen molar-refractivity contribution in [2.24, 2.45) is 5.41 Å². The standard InChI is InChI=1S/C16H22ClNO/c1-12-3-4-14(9-13(12)2)10-15(19)18-11-16(5-6-16)7-8-17/h3-4,9H,5-8,10-11H2,1-2H3,(H,18,19). The lowest BCUT2D eigenvalue weighted by molar-refractivity contribution is -0.120. The van der Waals surface area contributed by atoms with Crippen LogP contribution in [0, 0.1) is 19.3 Å². The third-order valence-corrected chi connectivity index (χ3v) is 4.37. The van der Waals surface area contributed by atoms with Crippen LogP contribution in [-0.4, -0.2) is 18.3 Å². The highest BCUT2D eigenvalue weighted by Crippen LogP contribution is 2.48. The van der Waals surface area contributed by atoms with Crippen molar-refractivity contribution in [3.8, 4) is 0 Å². The molecule has 1 aliphatic carbocycles. The van der Waals surface area contributed by atoms with Gasteiger partial charge < -0.3 is 5.32 Å². The molecule has 2 rings (SSSR count). The van der Waals surface area contributed by atoms with Gasteiger partial charge in [-0.1, -0.05) is 18.2 Å². The van der Waals surface area contributed by atoms with E-state index in [1.165, 1.54) is 24.0 Å². The van der Waals surface area contributed by atoms with Crippen molar-refractivity contribution in [1.82, 2.24) is 5.32 Å². The van der Waals surface area contributed by atoms with Crippen LogP contribution in [0.1, 0.15) is 36.0 Å². The number of hydrogen-bond acceptors (Lipinski definition) is 1. The number of aryl methyl sites for hydroxylation is 2. The van der Waals surface area contributed by atoms with Gasteiger partial charge in [0.1, 0.15) is 0 Å². The van der Waals surface area contributed by atoms with Crippen LogP contribution in [0.4, 0.5) is 0 Å². The molecule has 0 saturated heterocycles. The van der Waals surface area contributed by atoms with Gasteiger partial charge in [-0.2, -0.15) is 0 Å². The predicted molar refractivity (Wildman–Crippen MR) is 79.6 cm³/mol. The topological polar surface area (TPSA) is 29.1 Å². The molecular formula is C16H22ClNO. The fraction of sp³-hybridized carbons (Fsp3) is 0.562. The molecule has 1 aliphatic rings. The zero-order valence-electron chi connectivity index (χ0n) is 11.8. The highest BCUT2D eigenvalue weighted by Gasteiger charge is 2.41. The number of benzene rings is 1. The molecule has 0 spiro atoms. The van der Waals surface area contributed by atoms with Crippen molar-refractivity contribution in [3.63, 3.8) is 0 Å². The Labute approximate surface area is 120 Å². The summed E-state index contributed by atoms with van der Waals surface area (Å²) in [6.45, 7) is 4.95. The van der Waals surface area contributed by atoms with Crippen LogP contribution >= 0.6 is 11.6 Å². The SMILES string of the molecule is Cc1ccc(CC(=O)NCC2(CCCl)CC2)cc1C. The summed E-state index contributed by atoms with van der Waals surface area (Å²) < 4.78 is 0. The zero-order chi connectivity index (χ0) is 13.9. The van der Waals surface area contributed by atoms with E-state index in [2.05, 4.69) is 31.3 Å². The molecule has 2 nitrogen and oxygen atoms in total. The molecule has 0 bridgehead atoms. The molecule has 0 unspecified atom stereocenters. The molecule has 3 heteroatoms. The minimum atomic E-state index is 0.115. The Kier molecular flexibility index (Phi) is 4.51. The maximum atomic E-state index is 11.9. The molecule has 104 valence electrons. The van der Waals surface area contributed by atoms with E-state index in [1.54, 1.807) is 0 Å². The predicted octanol–water partition coefficient (Wildman–Crippen LogP) is 3.37. The van der Waals surface area contributed by atoms with Gasteiger partial charge in [-0.05, 0) is 55.2 Å². The van der Waals surface area contributed by atoms with Crippen LogP contribution in [0.3, 0.4) is 0 Å². The third-order valence-electron chi connectivity index (χ3n) is 4.18. The van der Waals surface area contributed by atoms with Gasteiger partial charge in [0.15, 0.2) is 0 Å². The summed E-state index contributed by atoms with van der Waals surface area (Å²) in [7, 11) is 0. The molecule has 1 aromatic rings. The Morgan fingerprint density at radius 3 is 2.63 bits per heavy atom.